The summed E-state index contributed by atoms with van der Waals surface area (Å²) >= 11 is 0. The van der Waals surface area contributed by atoms with Crippen molar-refractivity contribution >= 4 is 29.1 Å². The third-order valence-corrected chi connectivity index (χ3v) is 6.94. The molecule has 7 nitrogen and oxygen atoms in total. The van der Waals surface area contributed by atoms with Crippen molar-refractivity contribution in [2.75, 3.05) is 42.9 Å². The number of nitrogens with zero attached hydrogens (tertiary/aromatic N) is 3. The van der Waals surface area contributed by atoms with Gasteiger partial charge >= 0.3 is 6.18 Å². The second kappa shape index (κ2) is 9.32. The second-order valence-electron chi connectivity index (χ2n) is 9.07. The van der Waals surface area contributed by atoms with Gasteiger partial charge in [-0.1, -0.05) is 19.3 Å². The van der Waals surface area contributed by atoms with Crippen LogP contribution in [-0.4, -0.2) is 66.3 Å². The minimum atomic E-state index is -4.55. The minimum Gasteiger partial charge on any atom is -0.340 e. The van der Waals surface area contributed by atoms with Gasteiger partial charge < -0.3 is 10.2 Å². The Labute approximate surface area is 190 Å². The highest BCUT2D eigenvalue weighted by Crippen LogP contribution is 2.37. The van der Waals surface area contributed by atoms with E-state index in [2.05, 4.69) is 5.32 Å². The van der Waals surface area contributed by atoms with Gasteiger partial charge in [-0.15, -0.1) is 0 Å². The Morgan fingerprint density at radius 1 is 1.06 bits per heavy atom. The SMILES string of the molecule is CC(C(=O)N1CC(=O)Nc2cc(C(F)(F)F)ccc21)N1CCN(C(=O)C2CCCCC2)CC1. The molecule has 1 saturated heterocycles. The van der Waals surface area contributed by atoms with Crippen molar-refractivity contribution in [3.8, 4) is 0 Å². The molecular weight excluding hydrogens is 437 g/mol. The first-order valence-electron chi connectivity index (χ1n) is 11.5. The Kier molecular flexibility index (Phi) is 6.65. The first-order chi connectivity index (χ1) is 15.6. The second-order valence-corrected chi connectivity index (χ2v) is 9.07. The number of anilines is 2. The van der Waals surface area contributed by atoms with Crippen LogP contribution in [0.3, 0.4) is 0 Å². The number of nitrogens with one attached hydrogen (secondary N) is 1. The van der Waals surface area contributed by atoms with Gasteiger partial charge in [-0.25, -0.2) is 0 Å². The van der Waals surface area contributed by atoms with Crippen LogP contribution in [0, 0.1) is 5.92 Å². The van der Waals surface area contributed by atoms with E-state index in [1.54, 1.807) is 6.92 Å². The van der Waals surface area contributed by atoms with Gasteiger partial charge in [0.15, 0.2) is 0 Å². The van der Waals surface area contributed by atoms with Crippen molar-refractivity contribution in [3.63, 3.8) is 0 Å². The maximum Gasteiger partial charge on any atom is 0.416 e. The minimum absolute atomic E-state index is 0.0236. The van der Waals surface area contributed by atoms with Crippen LogP contribution in [-0.2, 0) is 20.6 Å². The number of hydrogen-bond donors (Lipinski definition) is 1. The molecule has 2 aliphatic heterocycles. The predicted octanol–water partition coefficient (Wildman–Crippen LogP) is 3.10. The molecule has 1 aromatic carbocycles. The molecule has 1 saturated carbocycles. The molecule has 0 aromatic heterocycles. The van der Waals surface area contributed by atoms with Gasteiger partial charge in [0.25, 0.3) is 0 Å². The quantitative estimate of drug-likeness (QED) is 0.743. The van der Waals surface area contributed by atoms with Crippen molar-refractivity contribution in [3.05, 3.63) is 23.8 Å². The van der Waals surface area contributed by atoms with Gasteiger partial charge in [-0.3, -0.25) is 24.2 Å². The number of alkyl halides is 3. The molecule has 1 aliphatic carbocycles. The summed E-state index contributed by atoms with van der Waals surface area (Å²) in [7, 11) is 0. The number of rotatable bonds is 3. The van der Waals surface area contributed by atoms with Crippen molar-refractivity contribution in [2.24, 2.45) is 5.92 Å². The van der Waals surface area contributed by atoms with E-state index in [0.29, 0.717) is 26.2 Å². The molecule has 33 heavy (non-hydrogen) atoms. The van der Waals surface area contributed by atoms with Crippen LogP contribution in [0.2, 0.25) is 0 Å². The van der Waals surface area contributed by atoms with Gasteiger partial charge in [0, 0.05) is 32.1 Å². The summed E-state index contributed by atoms with van der Waals surface area (Å²) in [6.07, 6.45) is 0.718. The number of halogens is 3. The Hall–Kier alpha value is -2.62. The van der Waals surface area contributed by atoms with Crippen LogP contribution in [0.4, 0.5) is 24.5 Å². The number of carbonyl (C=O) groups is 3. The maximum absolute atomic E-state index is 13.3. The molecular formula is C23H29F3N4O3. The Balaban J connectivity index is 1.41. The number of carbonyl (C=O) groups excluding carboxylic acids is 3. The Morgan fingerprint density at radius 2 is 1.73 bits per heavy atom. The highest BCUT2D eigenvalue weighted by Gasteiger charge is 2.37. The summed E-state index contributed by atoms with van der Waals surface area (Å²) in [5.74, 6) is -0.576. The third-order valence-electron chi connectivity index (χ3n) is 6.94. The summed E-state index contributed by atoms with van der Waals surface area (Å²) < 4.78 is 39.2. The van der Waals surface area contributed by atoms with E-state index in [0.717, 1.165) is 37.8 Å². The monoisotopic (exact) mass is 466 g/mol. The molecule has 0 bridgehead atoms. The molecule has 2 heterocycles. The van der Waals surface area contributed by atoms with Crippen molar-refractivity contribution in [1.82, 2.24) is 9.80 Å². The predicted molar refractivity (Wildman–Crippen MR) is 117 cm³/mol. The van der Waals surface area contributed by atoms with E-state index in [-0.39, 0.29) is 35.7 Å². The summed E-state index contributed by atoms with van der Waals surface area (Å²) in [5, 5.41) is 2.43. The maximum atomic E-state index is 13.3. The van der Waals surface area contributed by atoms with Crippen LogP contribution in [0.5, 0.6) is 0 Å². The average Bonchev–Trinajstić information content (AvgIpc) is 2.81. The lowest BCUT2D eigenvalue weighted by atomic mass is 9.88. The lowest BCUT2D eigenvalue weighted by Gasteiger charge is -2.41. The first-order valence-corrected chi connectivity index (χ1v) is 11.5. The zero-order chi connectivity index (χ0) is 23.8. The van der Waals surface area contributed by atoms with Crippen LogP contribution in [0.25, 0.3) is 0 Å². The molecule has 2 fully saturated rings. The van der Waals surface area contributed by atoms with E-state index in [9.17, 15) is 27.6 Å². The fourth-order valence-corrected chi connectivity index (χ4v) is 4.98. The fraction of sp³-hybridized carbons (Fsp3) is 0.609. The lowest BCUT2D eigenvalue weighted by molar-refractivity contribution is -0.139. The molecule has 10 heteroatoms. The van der Waals surface area contributed by atoms with Crippen molar-refractivity contribution in [1.29, 1.82) is 0 Å². The van der Waals surface area contributed by atoms with Gasteiger partial charge in [0.2, 0.25) is 17.7 Å². The summed E-state index contributed by atoms with van der Waals surface area (Å²) in [6, 6.07) is 2.42. The summed E-state index contributed by atoms with van der Waals surface area (Å²) in [4.78, 5) is 43.3. The lowest BCUT2D eigenvalue weighted by Crippen LogP contribution is -2.57. The number of hydrogen-bond acceptors (Lipinski definition) is 4. The zero-order valence-electron chi connectivity index (χ0n) is 18.7. The zero-order valence-corrected chi connectivity index (χ0v) is 18.7. The van der Waals surface area contributed by atoms with Crippen LogP contribution in [0.1, 0.15) is 44.6 Å². The molecule has 3 amide bonds. The molecule has 3 aliphatic rings. The van der Waals surface area contributed by atoms with E-state index >= 15 is 0 Å². The fourth-order valence-electron chi connectivity index (χ4n) is 4.98. The Morgan fingerprint density at radius 3 is 2.36 bits per heavy atom. The smallest absolute Gasteiger partial charge is 0.340 e. The van der Waals surface area contributed by atoms with Crippen LogP contribution in [0.15, 0.2) is 18.2 Å². The molecule has 1 unspecified atom stereocenters. The van der Waals surface area contributed by atoms with Gasteiger partial charge in [0.1, 0.15) is 6.54 Å². The molecule has 1 aromatic rings. The number of piperazine rings is 1. The largest absolute Gasteiger partial charge is 0.416 e. The molecule has 4 rings (SSSR count). The number of fused-ring (bicyclic) bond motifs is 1. The van der Waals surface area contributed by atoms with Gasteiger partial charge in [0.05, 0.1) is 23.0 Å². The highest BCUT2D eigenvalue weighted by molar-refractivity contribution is 6.11. The van der Waals surface area contributed by atoms with E-state index in [1.807, 2.05) is 9.80 Å². The van der Waals surface area contributed by atoms with E-state index in [4.69, 9.17) is 0 Å². The third kappa shape index (κ3) is 5.00. The first kappa shape index (κ1) is 23.5. The van der Waals surface area contributed by atoms with E-state index in [1.165, 1.54) is 17.4 Å². The molecule has 0 spiro atoms. The van der Waals surface area contributed by atoms with Gasteiger partial charge in [-0.05, 0) is 38.0 Å². The number of benzene rings is 1. The Bertz CT molecular complexity index is 922. The molecule has 1 N–H and O–H groups in total. The van der Waals surface area contributed by atoms with Crippen molar-refractivity contribution < 1.29 is 27.6 Å². The van der Waals surface area contributed by atoms with Crippen LogP contribution < -0.4 is 10.2 Å². The molecule has 180 valence electrons. The summed E-state index contributed by atoms with van der Waals surface area (Å²) in [6.45, 7) is 3.63. The topological polar surface area (TPSA) is 73.0 Å². The number of amides is 3. The van der Waals surface area contributed by atoms with Gasteiger partial charge in [-0.2, -0.15) is 13.2 Å². The van der Waals surface area contributed by atoms with Crippen LogP contribution >= 0.6 is 0 Å². The standard InChI is InChI=1S/C23H29F3N4O3/c1-15(28-9-11-29(12-10-28)22(33)16-5-3-2-4-6-16)21(32)30-14-20(31)27-18-13-17(23(24,25)26)7-8-19(18)30/h7-8,13,15-16H,2-6,9-12,14H2,1H3,(H,27,31). The highest BCUT2D eigenvalue weighted by atomic mass is 19.4. The average molecular weight is 467 g/mol. The molecule has 0 radical (unpaired) electrons. The normalized spacial score (nSPS) is 21.4. The van der Waals surface area contributed by atoms with Crippen molar-refractivity contribution in [2.45, 2.75) is 51.2 Å². The molecule has 1 atom stereocenters. The van der Waals surface area contributed by atoms with E-state index < -0.39 is 23.7 Å². The summed E-state index contributed by atoms with van der Waals surface area (Å²) in [5.41, 5.74) is -0.655.